The number of ether oxygens (including phenoxy) is 1. The highest BCUT2D eigenvalue weighted by atomic mass is 35.5. The van der Waals surface area contributed by atoms with Crippen LogP contribution in [0.25, 0.3) is 0 Å². The Morgan fingerprint density at radius 2 is 1.79 bits per heavy atom. The van der Waals surface area contributed by atoms with Crippen LogP contribution in [0, 0.1) is 0 Å². The van der Waals surface area contributed by atoms with Gasteiger partial charge in [-0.3, -0.25) is 9.80 Å². The molecule has 2 aromatic rings. The molecule has 0 spiro atoms. The quantitative estimate of drug-likeness (QED) is 0.623. The Balaban J connectivity index is 0.00000243. The molecule has 0 aliphatic carbocycles. The maximum atomic E-state index is 5.61. The third-order valence-corrected chi connectivity index (χ3v) is 5.29. The molecule has 0 radical (unpaired) electrons. The predicted molar refractivity (Wildman–Crippen MR) is 117 cm³/mol. The van der Waals surface area contributed by atoms with Crippen LogP contribution in [-0.2, 0) is 24.4 Å². The van der Waals surface area contributed by atoms with E-state index in [9.17, 15) is 0 Å². The highest BCUT2D eigenvalue weighted by Gasteiger charge is 2.20. The van der Waals surface area contributed by atoms with Crippen molar-refractivity contribution in [3.05, 3.63) is 27.8 Å². The second-order valence-electron chi connectivity index (χ2n) is 6.14. The van der Waals surface area contributed by atoms with Gasteiger partial charge in [0.05, 0.1) is 18.8 Å². The zero-order chi connectivity index (χ0) is 17.6. The van der Waals surface area contributed by atoms with Gasteiger partial charge in [0.1, 0.15) is 11.1 Å². The molecule has 1 fully saturated rings. The van der Waals surface area contributed by atoms with Crippen molar-refractivity contribution in [2.75, 3.05) is 32.8 Å². The van der Waals surface area contributed by atoms with E-state index in [4.69, 9.17) is 20.0 Å². The summed E-state index contributed by atoms with van der Waals surface area (Å²) in [4.78, 5) is 13.8. The summed E-state index contributed by atoms with van der Waals surface area (Å²) in [5.74, 6) is 1.21. The van der Waals surface area contributed by atoms with Gasteiger partial charge in [-0.15, -0.1) is 48.6 Å². The van der Waals surface area contributed by atoms with E-state index in [1.807, 2.05) is 6.92 Å². The van der Waals surface area contributed by atoms with Crippen molar-refractivity contribution in [3.63, 3.8) is 0 Å². The van der Waals surface area contributed by atoms with E-state index in [1.165, 1.54) is 0 Å². The van der Waals surface area contributed by atoms with E-state index in [0.29, 0.717) is 31.4 Å². The Morgan fingerprint density at radius 3 is 2.36 bits per heavy atom. The fourth-order valence-electron chi connectivity index (χ4n) is 2.88. The van der Waals surface area contributed by atoms with E-state index in [2.05, 4.69) is 32.2 Å². The van der Waals surface area contributed by atoms with E-state index >= 15 is 0 Å². The Labute approximate surface area is 188 Å². The molecule has 3 heterocycles. The van der Waals surface area contributed by atoms with Crippen LogP contribution in [0.2, 0.25) is 0 Å². The van der Waals surface area contributed by atoms with Crippen LogP contribution in [0.15, 0.2) is 9.90 Å². The zero-order valence-corrected chi connectivity index (χ0v) is 19.3. The molecule has 0 saturated carbocycles. The summed E-state index contributed by atoms with van der Waals surface area (Å²) in [7, 11) is 0. The Kier molecular flexibility index (Phi) is 13.4. The van der Waals surface area contributed by atoms with Crippen molar-refractivity contribution >= 4 is 48.6 Å². The summed E-state index contributed by atoms with van der Waals surface area (Å²) in [5, 5.41) is 7.16. The molecule has 2 aromatic heterocycles. The Morgan fingerprint density at radius 1 is 1.14 bits per heavy atom. The van der Waals surface area contributed by atoms with Gasteiger partial charge in [-0.1, -0.05) is 5.16 Å². The molecule has 1 saturated heterocycles. The molecule has 1 unspecified atom stereocenters. The molecular weight excluding hydrogens is 447 g/mol. The second kappa shape index (κ2) is 13.7. The van der Waals surface area contributed by atoms with Crippen molar-refractivity contribution < 1.29 is 9.26 Å². The van der Waals surface area contributed by atoms with E-state index in [1.54, 1.807) is 11.3 Å². The maximum absolute atomic E-state index is 5.61. The number of nitrogens with zero attached hydrogens (tertiary/aromatic N) is 5. The molecule has 12 heteroatoms. The van der Waals surface area contributed by atoms with Crippen LogP contribution in [0.3, 0.4) is 0 Å². The van der Waals surface area contributed by atoms with Gasteiger partial charge in [0.2, 0.25) is 5.89 Å². The number of halogens is 3. The molecule has 162 valence electrons. The molecule has 1 aliphatic heterocycles. The summed E-state index contributed by atoms with van der Waals surface area (Å²) in [5.41, 5.74) is 6.63. The minimum Gasteiger partial charge on any atom is -0.372 e. The van der Waals surface area contributed by atoms with Crippen LogP contribution in [0.5, 0.6) is 0 Å². The van der Waals surface area contributed by atoms with Gasteiger partial charge in [-0.05, 0) is 13.8 Å². The SMILES string of the molecule is CCOC(C)c1nc(CN2CCN(Cc3noc(CN)n3)CC2)cs1.Cl.Cl.Cl. The first kappa shape index (κ1) is 27.5. The van der Waals surface area contributed by atoms with Crippen LogP contribution in [0.4, 0.5) is 0 Å². The largest absolute Gasteiger partial charge is 0.372 e. The van der Waals surface area contributed by atoms with Crippen molar-refractivity contribution in [2.45, 2.75) is 39.6 Å². The molecule has 0 amide bonds. The first-order valence-corrected chi connectivity index (χ1v) is 9.58. The normalized spacial score (nSPS) is 16.0. The van der Waals surface area contributed by atoms with Crippen molar-refractivity contribution in [1.82, 2.24) is 24.9 Å². The van der Waals surface area contributed by atoms with Crippen LogP contribution >= 0.6 is 48.6 Å². The maximum Gasteiger partial charge on any atom is 0.240 e. The lowest BCUT2D eigenvalue weighted by molar-refractivity contribution is 0.0758. The van der Waals surface area contributed by atoms with Crippen LogP contribution in [0.1, 0.15) is 42.4 Å². The lowest BCUT2D eigenvalue weighted by atomic mass is 10.3. The number of hydrogen-bond donors (Lipinski definition) is 1. The number of piperazine rings is 1. The van der Waals surface area contributed by atoms with Crippen LogP contribution < -0.4 is 5.73 Å². The molecule has 0 bridgehead atoms. The molecule has 0 aromatic carbocycles. The molecule has 1 atom stereocenters. The Bertz CT molecular complexity index is 666. The van der Waals surface area contributed by atoms with E-state index in [0.717, 1.165) is 43.4 Å². The van der Waals surface area contributed by atoms with Crippen LogP contribution in [-0.4, -0.2) is 57.7 Å². The first-order chi connectivity index (χ1) is 12.2. The highest BCUT2D eigenvalue weighted by molar-refractivity contribution is 7.09. The molecule has 2 N–H and O–H groups in total. The summed E-state index contributed by atoms with van der Waals surface area (Å²) in [6.45, 7) is 10.7. The number of rotatable bonds is 8. The topological polar surface area (TPSA) is 93.5 Å². The summed E-state index contributed by atoms with van der Waals surface area (Å²) < 4.78 is 10.7. The zero-order valence-electron chi connectivity index (χ0n) is 16.1. The minimum atomic E-state index is 0. The highest BCUT2D eigenvalue weighted by Crippen LogP contribution is 2.22. The molecular formula is C16H29Cl3N6O2S. The average molecular weight is 476 g/mol. The number of aromatic nitrogens is 3. The molecule has 28 heavy (non-hydrogen) atoms. The average Bonchev–Trinajstić information content (AvgIpc) is 3.26. The third-order valence-electron chi connectivity index (χ3n) is 4.23. The van der Waals surface area contributed by atoms with Crippen molar-refractivity contribution in [1.29, 1.82) is 0 Å². The lowest BCUT2D eigenvalue weighted by Crippen LogP contribution is -2.45. The summed E-state index contributed by atoms with van der Waals surface area (Å²) >= 11 is 1.68. The fourth-order valence-corrected chi connectivity index (χ4v) is 3.69. The monoisotopic (exact) mass is 474 g/mol. The number of hydrogen-bond acceptors (Lipinski definition) is 9. The second-order valence-corrected chi connectivity index (χ2v) is 7.03. The third kappa shape index (κ3) is 7.72. The number of thiazole rings is 1. The summed E-state index contributed by atoms with van der Waals surface area (Å²) in [6.07, 6.45) is 0.0777. The smallest absolute Gasteiger partial charge is 0.240 e. The molecule has 3 rings (SSSR count). The Hall–Kier alpha value is -0.520. The number of nitrogens with two attached hydrogens (primary N) is 1. The molecule has 1 aliphatic rings. The lowest BCUT2D eigenvalue weighted by Gasteiger charge is -2.33. The van der Waals surface area contributed by atoms with Crippen molar-refractivity contribution in [3.8, 4) is 0 Å². The van der Waals surface area contributed by atoms with Gasteiger partial charge in [0, 0.05) is 44.7 Å². The standard InChI is InChI=1S/C16H26N6O2S.3ClH/c1-3-23-12(2)16-18-13(11-25-16)9-21-4-6-22(7-5-21)10-14-19-15(8-17)24-20-14;;;/h11-12H,3-10,17H2,1-2H3;3*1H. The van der Waals surface area contributed by atoms with Gasteiger partial charge < -0.3 is 15.0 Å². The minimum absolute atomic E-state index is 0. The van der Waals surface area contributed by atoms with Gasteiger partial charge in [-0.25, -0.2) is 4.98 Å². The molecule has 8 nitrogen and oxygen atoms in total. The van der Waals surface area contributed by atoms with Gasteiger partial charge >= 0.3 is 0 Å². The predicted octanol–water partition coefficient (Wildman–Crippen LogP) is 2.67. The van der Waals surface area contributed by atoms with Gasteiger partial charge in [-0.2, -0.15) is 4.98 Å². The summed E-state index contributed by atoms with van der Waals surface area (Å²) in [6, 6.07) is 0. The van der Waals surface area contributed by atoms with Gasteiger partial charge in [0.15, 0.2) is 5.82 Å². The van der Waals surface area contributed by atoms with E-state index < -0.39 is 0 Å². The first-order valence-electron chi connectivity index (χ1n) is 8.70. The van der Waals surface area contributed by atoms with Crippen molar-refractivity contribution in [2.24, 2.45) is 5.73 Å². The van der Waals surface area contributed by atoms with E-state index in [-0.39, 0.29) is 43.3 Å². The fraction of sp³-hybridized carbons (Fsp3) is 0.688. The van der Waals surface area contributed by atoms with Gasteiger partial charge in [0.25, 0.3) is 0 Å².